The van der Waals surface area contributed by atoms with Crippen LogP contribution in [0.5, 0.6) is 5.75 Å². The van der Waals surface area contributed by atoms with E-state index in [2.05, 4.69) is 9.47 Å². The molecule has 1 aromatic rings. The van der Waals surface area contributed by atoms with Crippen molar-refractivity contribution in [2.24, 2.45) is 11.1 Å². The molecule has 4 nitrogen and oxygen atoms in total. The molecule has 0 unspecified atom stereocenters. The summed E-state index contributed by atoms with van der Waals surface area (Å²) in [5.74, 6) is -0.843. The molecule has 0 aliphatic heterocycles. The Morgan fingerprint density at radius 2 is 1.70 bits per heavy atom. The fraction of sp³-hybridized carbons (Fsp3) is 0.462. The predicted molar refractivity (Wildman–Crippen MR) is 65.9 cm³/mol. The smallest absolute Gasteiger partial charge is 0.469 e. The number of rotatable bonds is 4. The van der Waals surface area contributed by atoms with E-state index < -0.39 is 23.8 Å². The summed E-state index contributed by atoms with van der Waals surface area (Å²) in [5.41, 5.74) is 5.47. The second-order valence-electron chi connectivity index (χ2n) is 4.81. The number of carbonyl (C=O) groups excluding carboxylic acids is 1. The minimum absolute atomic E-state index is 0.343. The fourth-order valence-corrected chi connectivity index (χ4v) is 1.68. The van der Waals surface area contributed by atoms with Gasteiger partial charge in [0.2, 0.25) is 0 Å². The molecule has 0 bridgehead atoms. The number of methoxy groups -OCH3 is 1. The van der Waals surface area contributed by atoms with Gasteiger partial charge in [0.25, 0.3) is 0 Å². The van der Waals surface area contributed by atoms with Gasteiger partial charge in [-0.3, -0.25) is 4.79 Å². The molecule has 0 saturated carbocycles. The monoisotopic (exact) mass is 291 g/mol. The number of carbonyl (C=O) groups is 1. The summed E-state index contributed by atoms with van der Waals surface area (Å²) in [6, 6.07) is 4.36. The van der Waals surface area contributed by atoms with E-state index in [1.807, 2.05) is 0 Å². The minimum atomic E-state index is -4.74. The Kier molecular flexibility index (Phi) is 4.65. The minimum Gasteiger partial charge on any atom is -0.469 e. The zero-order valence-electron chi connectivity index (χ0n) is 11.3. The van der Waals surface area contributed by atoms with Crippen LogP contribution in [0.4, 0.5) is 13.2 Å². The van der Waals surface area contributed by atoms with Crippen LogP contribution < -0.4 is 10.5 Å². The number of hydrogen-bond donors (Lipinski definition) is 1. The van der Waals surface area contributed by atoms with Crippen molar-refractivity contribution in [3.63, 3.8) is 0 Å². The third kappa shape index (κ3) is 3.86. The highest BCUT2D eigenvalue weighted by atomic mass is 19.4. The van der Waals surface area contributed by atoms with Crippen LogP contribution in [-0.2, 0) is 9.53 Å². The van der Waals surface area contributed by atoms with Crippen LogP contribution in [-0.4, -0.2) is 19.4 Å². The van der Waals surface area contributed by atoms with Crippen LogP contribution in [0.25, 0.3) is 0 Å². The summed E-state index contributed by atoms with van der Waals surface area (Å²) >= 11 is 0. The van der Waals surface area contributed by atoms with Crippen molar-refractivity contribution in [2.45, 2.75) is 26.3 Å². The first-order valence-electron chi connectivity index (χ1n) is 5.77. The quantitative estimate of drug-likeness (QED) is 0.866. The first-order chi connectivity index (χ1) is 9.08. The normalized spacial score (nSPS) is 13.8. The van der Waals surface area contributed by atoms with Crippen molar-refractivity contribution in [3.8, 4) is 5.75 Å². The molecule has 7 heteroatoms. The van der Waals surface area contributed by atoms with Gasteiger partial charge in [-0.05, 0) is 31.5 Å². The Morgan fingerprint density at radius 3 is 2.10 bits per heavy atom. The molecule has 0 heterocycles. The van der Waals surface area contributed by atoms with Crippen molar-refractivity contribution in [1.29, 1.82) is 0 Å². The lowest BCUT2D eigenvalue weighted by molar-refractivity contribution is -0.274. The Hall–Kier alpha value is -1.76. The summed E-state index contributed by atoms with van der Waals surface area (Å²) < 4.78 is 44.5. The maximum Gasteiger partial charge on any atom is 0.573 e. The number of ether oxygens (including phenoxy) is 2. The van der Waals surface area contributed by atoms with E-state index in [9.17, 15) is 18.0 Å². The van der Waals surface area contributed by atoms with Gasteiger partial charge < -0.3 is 15.2 Å². The lowest BCUT2D eigenvalue weighted by Gasteiger charge is -2.29. The van der Waals surface area contributed by atoms with E-state index >= 15 is 0 Å². The standard InChI is InChI=1S/C13H16F3NO3/c1-12(2,11(18)19-3)10(17)8-4-6-9(7-5-8)20-13(14,15)16/h4-7,10H,17H2,1-3H3/t10-/m0/s1. The van der Waals surface area contributed by atoms with Crippen LogP contribution in [0.3, 0.4) is 0 Å². The summed E-state index contributed by atoms with van der Waals surface area (Å²) in [5, 5.41) is 0. The molecule has 0 fully saturated rings. The van der Waals surface area contributed by atoms with Crippen LogP contribution >= 0.6 is 0 Å². The lowest BCUT2D eigenvalue weighted by Crippen LogP contribution is -2.37. The number of hydrogen-bond acceptors (Lipinski definition) is 4. The lowest BCUT2D eigenvalue weighted by atomic mass is 9.81. The number of nitrogens with two attached hydrogens (primary N) is 1. The maximum absolute atomic E-state index is 12.0. The molecule has 1 aromatic carbocycles. The third-order valence-corrected chi connectivity index (χ3v) is 2.96. The third-order valence-electron chi connectivity index (χ3n) is 2.96. The second-order valence-corrected chi connectivity index (χ2v) is 4.81. The van der Waals surface area contributed by atoms with Crippen molar-refractivity contribution >= 4 is 5.97 Å². The van der Waals surface area contributed by atoms with Gasteiger partial charge in [-0.2, -0.15) is 0 Å². The first kappa shape index (κ1) is 16.3. The summed E-state index contributed by atoms with van der Waals surface area (Å²) in [7, 11) is 1.25. The Morgan fingerprint density at radius 1 is 1.20 bits per heavy atom. The maximum atomic E-state index is 12.0. The van der Waals surface area contributed by atoms with E-state index in [1.54, 1.807) is 13.8 Å². The highest BCUT2D eigenvalue weighted by Crippen LogP contribution is 2.33. The average Bonchev–Trinajstić information content (AvgIpc) is 2.35. The Balaban J connectivity index is 2.91. The average molecular weight is 291 g/mol. The van der Waals surface area contributed by atoms with E-state index in [0.29, 0.717) is 5.56 Å². The van der Waals surface area contributed by atoms with Gasteiger partial charge in [-0.15, -0.1) is 13.2 Å². The van der Waals surface area contributed by atoms with Crippen molar-refractivity contribution < 1.29 is 27.4 Å². The topological polar surface area (TPSA) is 61.5 Å². The van der Waals surface area contributed by atoms with E-state index in [0.717, 1.165) is 12.1 Å². The van der Waals surface area contributed by atoms with E-state index in [4.69, 9.17) is 5.73 Å². The molecule has 0 amide bonds. The zero-order chi connectivity index (χ0) is 15.6. The largest absolute Gasteiger partial charge is 0.573 e. The van der Waals surface area contributed by atoms with Crippen molar-refractivity contribution in [3.05, 3.63) is 29.8 Å². The van der Waals surface area contributed by atoms with Gasteiger partial charge in [-0.25, -0.2) is 0 Å². The molecule has 1 atom stereocenters. The van der Waals surface area contributed by atoms with Gasteiger partial charge in [0.15, 0.2) is 0 Å². The molecule has 1 rings (SSSR count). The van der Waals surface area contributed by atoms with E-state index in [-0.39, 0.29) is 5.75 Å². The summed E-state index contributed by atoms with van der Waals surface area (Å²) in [6.45, 7) is 3.20. The SMILES string of the molecule is COC(=O)C(C)(C)[C@@H](N)c1ccc(OC(F)(F)F)cc1. The van der Waals surface area contributed by atoms with Crippen molar-refractivity contribution in [1.82, 2.24) is 0 Å². The second kappa shape index (κ2) is 5.70. The molecular formula is C13H16F3NO3. The molecule has 0 aromatic heterocycles. The van der Waals surface area contributed by atoms with E-state index in [1.165, 1.54) is 19.2 Å². The molecule has 0 saturated heterocycles. The number of halogens is 3. The van der Waals surface area contributed by atoms with Crippen LogP contribution in [0.15, 0.2) is 24.3 Å². The number of esters is 1. The van der Waals surface area contributed by atoms with Crippen LogP contribution in [0.2, 0.25) is 0 Å². The molecule has 0 aliphatic carbocycles. The van der Waals surface area contributed by atoms with Crippen LogP contribution in [0, 0.1) is 5.41 Å². The van der Waals surface area contributed by atoms with Gasteiger partial charge in [0.1, 0.15) is 5.75 Å². The summed E-state index contributed by atoms with van der Waals surface area (Å²) in [4.78, 5) is 11.6. The zero-order valence-corrected chi connectivity index (χ0v) is 11.3. The highest BCUT2D eigenvalue weighted by molar-refractivity contribution is 5.77. The van der Waals surface area contributed by atoms with Gasteiger partial charge in [0.05, 0.1) is 12.5 Å². The molecular weight excluding hydrogens is 275 g/mol. The van der Waals surface area contributed by atoms with Crippen molar-refractivity contribution in [2.75, 3.05) is 7.11 Å². The summed E-state index contributed by atoms with van der Waals surface area (Å²) in [6.07, 6.45) is -4.74. The molecule has 0 radical (unpaired) electrons. The molecule has 0 aliphatic rings. The molecule has 112 valence electrons. The Bertz CT molecular complexity index is 469. The van der Waals surface area contributed by atoms with Gasteiger partial charge >= 0.3 is 12.3 Å². The molecule has 20 heavy (non-hydrogen) atoms. The predicted octanol–water partition coefficient (Wildman–Crippen LogP) is 2.78. The molecule has 0 spiro atoms. The first-order valence-corrected chi connectivity index (χ1v) is 5.77. The van der Waals surface area contributed by atoms with Crippen LogP contribution in [0.1, 0.15) is 25.5 Å². The highest BCUT2D eigenvalue weighted by Gasteiger charge is 2.37. The Labute approximate surface area is 114 Å². The number of alkyl halides is 3. The van der Waals surface area contributed by atoms with Gasteiger partial charge in [-0.1, -0.05) is 12.1 Å². The fourth-order valence-electron chi connectivity index (χ4n) is 1.68. The molecule has 2 N–H and O–H groups in total. The number of benzene rings is 1. The van der Waals surface area contributed by atoms with Gasteiger partial charge in [0, 0.05) is 6.04 Å².